The van der Waals surface area contributed by atoms with Crippen LogP contribution in [-0.4, -0.2) is 91.4 Å². The number of nitrogens with zero attached hydrogens (tertiary/aromatic N) is 3. The second-order valence-corrected chi connectivity index (χ2v) is 17.0. The normalized spacial score (nSPS) is 21.0. The molecule has 15 heteroatoms. The van der Waals surface area contributed by atoms with E-state index in [1.807, 2.05) is 20.8 Å². The van der Waals surface area contributed by atoms with Crippen molar-refractivity contribution in [3.05, 3.63) is 10.4 Å². The molecule has 51 heavy (non-hydrogen) atoms. The van der Waals surface area contributed by atoms with Crippen LogP contribution in [0.1, 0.15) is 112 Å². The summed E-state index contributed by atoms with van der Waals surface area (Å²) in [4.78, 5) is 42.8. The van der Waals surface area contributed by atoms with Crippen molar-refractivity contribution in [2.45, 2.75) is 131 Å². The Morgan fingerprint density at radius 2 is 1.57 bits per heavy atom. The summed E-state index contributed by atoms with van der Waals surface area (Å²) in [6, 6.07) is -0.696. The van der Waals surface area contributed by atoms with E-state index in [1.165, 1.54) is 63.1 Å². The zero-order chi connectivity index (χ0) is 38.1. The molecule has 0 aliphatic carbocycles. The van der Waals surface area contributed by atoms with Gasteiger partial charge in [-0.25, -0.2) is 0 Å². The number of unbranched alkanes of at least 4 members (excludes halogenated alkanes) is 9. The molecule has 1 N–H and O–H groups in total. The summed E-state index contributed by atoms with van der Waals surface area (Å²) in [5, 5.41) is 6.19. The van der Waals surface area contributed by atoms with Crippen LogP contribution in [0.3, 0.4) is 0 Å². The third-order valence-electron chi connectivity index (χ3n) is 9.48. The Hall–Kier alpha value is -1.61. The van der Waals surface area contributed by atoms with Gasteiger partial charge in [-0.2, -0.15) is 0 Å². The first kappa shape index (κ1) is 47.4. The summed E-state index contributed by atoms with van der Waals surface area (Å²) in [7, 11) is 1.58. The zero-order valence-electron chi connectivity index (χ0n) is 32.0. The fourth-order valence-corrected chi connectivity index (χ4v) is 8.47. The highest BCUT2D eigenvalue weighted by Gasteiger charge is 2.48. The van der Waals surface area contributed by atoms with E-state index in [4.69, 9.17) is 41.4 Å². The third-order valence-corrected chi connectivity index (χ3v) is 12.4. The monoisotopic (exact) mass is 776 g/mol. The fraction of sp³-hybridized carbons (Fsp3) is 0.889. The predicted octanol–water partition coefficient (Wildman–Crippen LogP) is 8.25. The summed E-state index contributed by atoms with van der Waals surface area (Å²) < 4.78 is 28.9. The van der Waals surface area contributed by atoms with E-state index in [1.54, 1.807) is 32.7 Å². The molecule has 1 rings (SSSR count). The topological polar surface area (TPSA) is 158 Å². The minimum atomic E-state index is -1.29. The van der Waals surface area contributed by atoms with Gasteiger partial charge in [0, 0.05) is 17.8 Å². The number of hydrogen-bond donors (Lipinski definition) is 1. The van der Waals surface area contributed by atoms with Crippen LogP contribution in [0.2, 0.25) is 0 Å². The molecular weight excluding hydrogens is 713 g/mol. The molecule has 1 aliphatic heterocycles. The van der Waals surface area contributed by atoms with Gasteiger partial charge in [0.15, 0.2) is 0 Å². The Morgan fingerprint density at radius 1 is 0.941 bits per heavy atom. The molecule has 0 aromatic carbocycles. The van der Waals surface area contributed by atoms with E-state index in [0.717, 1.165) is 18.6 Å². The first-order valence-electron chi connectivity index (χ1n) is 18.6. The standard InChI is InChI=1S/C36H64N4O8S3/c1-8-10-11-12-13-14-15-16-17-18-23-50-35(49)51-25-28(36(5,6)34(43)46-22-21-45-20-19-44-7)32(42)48-33-31(39-30(41)24-38-40-37)27(4)26(3)29(9-2)47-33/h26-29,31,33H,8-25H2,1-7H3,(H,39,41)/t26-,27-,28?,29?,31?,33-/m0/s1. The molecule has 0 spiro atoms. The molecule has 0 aromatic heterocycles. The van der Waals surface area contributed by atoms with Crippen LogP contribution in [0, 0.1) is 23.2 Å². The fourth-order valence-electron chi connectivity index (χ4n) is 5.86. The summed E-state index contributed by atoms with van der Waals surface area (Å²) in [6.45, 7) is 12.1. The van der Waals surface area contributed by atoms with E-state index in [0.29, 0.717) is 23.2 Å². The van der Waals surface area contributed by atoms with Gasteiger partial charge in [-0.3, -0.25) is 14.4 Å². The van der Waals surface area contributed by atoms with Crippen molar-refractivity contribution >= 4 is 57.1 Å². The number of rotatable bonds is 27. The molecule has 1 amide bonds. The zero-order valence-corrected chi connectivity index (χ0v) is 34.5. The first-order valence-corrected chi connectivity index (χ1v) is 21.0. The molecule has 3 unspecified atom stereocenters. The molecule has 6 atom stereocenters. The van der Waals surface area contributed by atoms with Gasteiger partial charge in [-0.1, -0.05) is 103 Å². The summed E-state index contributed by atoms with van der Waals surface area (Å²) in [5.74, 6) is -1.67. The average Bonchev–Trinajstić information content (AvgIpc) is 3.10. The van der Waals surface area contributed by atoms with Crippen LogP contribution in [0.25, 0.3) is 10.4 Å². The van der Waals surface area contributed by atoms with Crippen LogP contribution in [0.5, 0.6) is 0 Å². The average molecular weight is 777 g/mol. The lowest BCUT2D eigenvalue weighted by Gasteiger charge is -2.44. The third kappa shape index (κ3) is 18.8. The molecule has 294 valence electrons. The molecule has 0 aromatic rings. The molecule has 1 aliphatic rings. The Morgan fingerprint density at radius 3 is 2.18 bits per heavy atom. The van der Waals surface area contributed by atoms with Gasteiger partial charge < -0.3 is 29.0 Å². The smallest absolute Gasteiger partial charge is 0.313 e. The number of hydrogen-bond acceptors (Lipinski definition) is 12. The number of carbonyl (C=O) groups is 3. The number of methoxy groups -OCH3 is 1. The molecule has 12 nitrogen and oxygen atoms in total. The number of esters is 2. The maximum atomic E-state index is 14.1. The number of nitrogens with one attached hydrogen (secondary N) is 1. The molecule has 0 saturated carbocycles. The molecule has 1 saturated heterocycles. The highest BCUT2D eigenvalue weighted by molar-refractivity contribution is 8.47. The van der Waals surface area contributed by atoms with E-state index in [-0.39, 0.29) is 36.9 Å². The van der Waals surface area contributed by atoms with E-state index in [2.05, 4.69) is 22.3 Å². The van der Waals surface area contributed by atoms with E-state index >= 15 is 0 Å². The maximum Gasteiger partial charge on any atom is 0.313 e. The highest BCUT2D eigenvalue weighted by Crippen LogP contribution is 2.37. The van der Waals surface area contributed by atoms with Crippen molar-refractivity contribution in [1.29, 1.82) is 0 Å². The van der Waals surface area contributed by atoms with E-state index in [9.17, 15) is 14.4 Å². The molecular formula is C36H64N4O8S3. The lowest BCUT2D eigenvalue weighted by atomic mass is 9.79. The number of azide groups is 1. The highest BCUT2D eigenvalue weighted by atomic mass is 32.2. The predicted molar refractivity (Wildman–Crippen MR) is 210 cm³/mol. The van der Waals surface area contributed by atoms with Crippen molar-refractivity contribution in [3.8, 4) is 0 Å². The van der Waals surface area contributed by atoms with Gasteiger partial charge >= 0.3 is 11.9 Å². The Bertz CT molecular complexity index is 1080. The van der Waals surface area contributed by atoms with Crippen molar-refractivity contribution in [2.75, 3.05) is 51.6 Å². The van der Waals surface area contributed by atoms with Gasteiger partial charge in [0.1, 0.15) is 16.7 Å². The molecule has 1 fully saturated rings. The van der Waals surface area contributed by atoms with Crippen molar-refractivity contribution in [1.82, 2.24) is 5.32 Å². The summed E-state index contributed by atoms with van der Waals surface area (Å²) in [5.41, 5.74) is 7.39. The summed E-state index contributed by atoms with van der Waals surface area (Å²) in [6.07, 6.45) is 12.0. The number of carbonyl (C=O) groups excluding carboxylic acids is 3. The van der Waals surface area contributed by atoms with Crippen molar-refractivity contribution in [2.24, 2.45) is 28.3 Å². The SMILES string of the molecule is CCCCCCCCCCCCSC(=S)SCC(C(=O)O[C@@H]1OC(CC)[C@@H](C)[C@H](C)C1NC(=O)CN=[N+]=[N-])C(C)(C)C(=O)OCCOCCOC. The van der Waals surface area contributed by atoms with Crippen LogP contribution in [0.4, 0.5) is 0 Å². The Balaban J connectivity index is 2.95. The minimum absolute atomic E-state index is 0.0204. The van der Waals surface area contributed by atoms with E-state index < -0.39 is 48.1 Å². The van der Waals surface area contributed by atoms with Crippen LogP contribution >= 0.6 is 35.7 Å². The van der Waals surface area contributed by atoms with Gasteiger partial charge in [0.25, 0.3) is 0 Å². The minimum Gasteiger partial charge on any atom is -0.463 e. The molecule has 1 heterocycles. The van der Waals surface area contributed by atoms with Gasteiger partial charge in [-0.05, 0) is 49.8 Å². The molecule has 0 radical (unpaired) electrons. The second-order valence-electron chi connectivity index (χ2n) is 13.7. The number of thiocarbonyl (C=S) groups is 1. The van der Waals surface area contributed by atoms with Crippen LogP contribution in [-0.2, 0) is 38.1 Å². The van der Waals surface area contributed by atoms with Gasteiger partial charge in [0.05, 0.1) is 43.3 Å². The van der Waals surface area contributed by atoms with Gasteiger partial charge in [0.2, 0.25) is 12.2 Å². The number of amides is 1. The van der Waals surface area contributed by atoms with Crippen LogP contribution < -0.4 is 5.32 Å². The quantitative estimate of drug-likeness (QED) is 0.0214. The van der Waals surface area contributed by atoms with Crippen LogP contribution in [0.15, 0.2) is 5.11 Å². The van der Waals surface area contributed by atoms with Gasteiger partial charge in [-0.15, -0.1) is 23.5 Å². The second kappa shape index (κ2) is 27.9. The van der Waals surface area contributed by atoms with Crippen molar-refractivity contribution < 1.29 is 38.1 Å². The first-order chi connectivity index (χ1) is 24.4. The largest absolute Gasteiger partial charge is 0.463 e. The molecule has 0 bridgehead atoms. The number of thioether (sulfide) groups is 2. The van der Waals surface area contributed by atoms with Crippen molar-refractivity contribution in [3.63, 3.8) is 0 Å². The maximum absolute atomic E-state index is 14.1. The lowest BCUT2D eigenvalue weighted by molar-refractivity contribution is -0.237. The lowest BCUT2D eigenvalue weighted by Crippen LogP contribution is -2.59. The summed E-state index contributed by atoms with van der Waals surface area (Å²) >= 11 is 8.63. The Kier molecular flexibility index (Phi) is 26.0. The Labute approximate surface area is 320 Å². The number of ether oxygens (including phenoxy) is 5.